The van der Waals surface area contributed by atoms with E-state index in [4.69, 9.17) is 14.2 Å². The van der Waals surface area contributed by atoms with Gasteiger partial charge in [0.25, 0.3) is 5.91 Å². The van der Waals surface area contributed by atoms with Gasteiger partial charge in [-0.3, -0.25) is 9.78 Å². The van der Waals surface area contributed by atoms with Crippen molar-refractivity contribution in [2.24, 2.45) is 0 Å². The number of nitrogens with one attached hydrogen (secondary N) is 2. The Bertz CT molecular complexity index is 1270. The minimum absolute atomic E-state index is 0.0180. The third-order valence-electron chi connectivity index (χ3n) is 6.48. The van der Waals surface area contributed by atoms with E-state index in [0.29, 0.717) is 54.3 Å². The van der Waals surface area contributed by atoms with Crippen LogP contribution in [0.1, 0.15) is 30.2 Å². The standard InChI is InChI=1S/C25H27FN4O6/c1-34-15-8-17-16(6-7-27-22(17)18(26)9-15)23(32)24(33)19-4-3-14(11-35-19)28-10-13-2-5-20-25(29-13)30-21(31)12-36-20/h2,5-9,14,19,23-24,28,32-33H,3-4,10-12H2,1H3,(H,29,30,31)/t14-,19+,23-,24+/m1/s1. The van der Waals surface area contributed by atoms with Crippen molar-refractivity contribution >= 4 is 22.6 Å². The van der Waals surface area contributed by atoms with Gasteiger partial charge in [0.2, 0.25) is 0 Å². The number of aliphatic hydroxyl groups excluding tert-OH is 2. The molecule has 36 heavy (non-hydrogen) atoms. The van der Waals surface area contributed by atoms with Gasteiger partial charge in [0.1, 0.15) is 23.5 Å². The van der Waals surface area contributed by atoms with Gasteiger partial charge in [0.05, 0.1) is 25.5 Å². The van der Waals surface area contributed by atoms with Crippen molar-refractivity contribution in [1.82, 2.24) is 15.3 Å². The van der Waals surface area contributed by atoms with Gasteiger partial charge in [-0.1, -0.05) is 0 Å². The number of aliphatic hydroxyl groups is 2. The lowest BCUT2D eigenvalue weighted by Gasteiger charge is -2.34. The summed E-state index contributed by atoms with van der Waals surface area (Å²) >= 11 is 0. The van der Waals surface area contributed by atoms with Crippen molar-refractivity contribution in [2.75, 3.05) is 25.6 Å². The molecule has 1 fully saturated rings. The number of pyridine rings is 2. The number of hydrogen-bond donors (Lipinski definition) is 4. The molecule has 190 valence electrons. The van der Waals surface area contributed by atoms with Gasteiger partial charge in [-0.05, 0) is 42.7 Å². The number of benzene rings is 1. The molecule has 2 aliphatic rings. The number of rotatable bonds is 7. The first kappa shape index (κ1) is 24.3. The van der Waals surface area contributed by atoms with Crippen LogP contribution in [0, 0.1) is 5.82 Å². The zero-order valence-corrected chi connectivity index (χ0v) is 19.6. The van der Waals surface area contributed by atoms with Crippen molar-refractivity contribution in [3.63, 3.8) is 0 Å². The third-order valence-corrected chi connectivity index (χ3v) is 6.48. The van der Waals surface area contributed by atoms with E-state index >= 15 is 0 Å². The molecule has 0 bridgehead atoms. The van der Waals surface area contributed by atoms with Crippen LogP contribution in [0.25, 0.3) is 10.9 Å². The van der Waals surface area contributed by atoms with Crippen LogP contribution in [0.15, 0.2) is 36.5 Å². The lowest BCUT2D eigenvalue weighted by Crippen LogP contribution is -2.45. The zero-order chi connectivity index (χ0) is 25.2. The molecule has 4 heterocycles. The summed E-state index contributed by atoms with van der Waals surface area (Å²) in [5, 5.41) is 28.3. The lowest BCUT2D eigenvalue weighted by atomic mass is 9.93. The highest BCUT2D eigenvalue weighted by molar-refractivity contribution is 5.94. The molecule has 0 saturated carbocycles. The van der Waals surface area contributed by atoms with E-state index in [1.165, 1.54) is 19.4 Å². The first-order chi connectivity index (χ1) is 17.4. The number of anilines is 1. The number of fused-ring (bicyclic) bond motifs is 2. The molecule has 11 heteroatoms. The Hall–Kier alpha value is -3.38. The zero-order valence-electron chi connectivity index (χ0n) is 19.6. The fraction of sp³-hybridized carbons (Fsp3) is 0.400. The molecule has 1 saturated heterocycles. The van der Waals surface area contributed by atoms with Crippen LogP contribution in [0.5, 0.6) is 11.5 Å². The molecule has 5 rings (SSSR count). The van der Waals surface area contributed by atoms with E-state index in [-0.39, 0.29) is 24.1 Å². The minimum Gasteiger partial charge on any atom is -0.497 e. The Morgan fingerprint density at radius 2 is 2.14 bits per heavy atom. The smallest absolute Gasteiger partial charge is 0.263 e. The lowest BCUT2D eigenvalue weighted by molar-refractivity contribution is -0.118. The van der Waals surface area contributed by atoms with Gasteiger partial charge >= 0.3 is 0 Å². The Balaban J connectivity index is 1.19. The topological polar surface area (TPSA) is 135 Å². The van der Waals surface area contributed by atoms with E-state index in [9.17, 15) is 19.4 Å². The number of ether oxygens (including phenoxy) is 3. The summed E-state index contributed by atoms with van der Waals surface area (Å²) in [6, 6.07) is 7.99. The number of halogens is 1. The summed E-state index contributed by atoms with van der Waals surface area (Å²) in [5.74, 6) is 0.430. The van der Waals surface area contributed by atoms with E-state index < -0.39 is 24.1 Å². The monoisotopic (exact) mass is 498 g/mol. The Morgan fingerprint density at radius 3 is 2.92 bits per heavy atom. The number of amides is 1. The Morgan fingerprint density at radius 1 is 1.28 bits per heavy atom. The normalized spacial score (nSPS) is 21.3. The first-order valence-electron chi connectivity index (χ1n) is 11.7. The Kier molecular flexibility index (Phi) is 6.97. The molecule has 1 amide bonds. The number of hydrogen-bond acceptors (Lipinski definition) is 9. The highest BCUT2D eigenvalue weighted by Crippen LogP contribution is 2.33. The van der Waals surface area contributed by atoms with Crippen LogP contribution < -0.4 is 20.1 Å². The Labute approximate surface area is 206 Å². The highest BCUT2D eigenvalue weighted by Gasteiger charge is 2.33. The van der Waals surface area contributed by atoms with Gasteiger partial charge in [0, 0.05) is 30.2 Å². The first-order valence-corrected chi connectivity index (χ1v) is 11.7. The van der Waals surface area contributed by atoms with Gasteiger partial charge < -0.3 is 35.1 Å². The molecule has 4 atom stereocenters. The molecule has 10 nitrogen and oxygen atoms in total. The van der Waals surface area contributed by atoms with Crippen LogP contribution in [0.4, 0.5) is 10.2 Å². The van der Waals surface area contributed by atoms with Crippen LogP contribution in [0.3, 0.4) is 0 Å². The molecule has 4 N–H and O–H groups in total. The van der Waals surface area contributed by atoms with E-state index in [1.807, 2.05) is 6.07 Å². The molecule has 0 unspecified atom stereocenters. The molecule has 0 aliphatic carbocycles. The van der Waals surface area contributed by atoms with Crippen LogP contribution in [-0.2, 0) is 16.1 Å². The summed E-state index contributed by atoms with van der Waals surface area (Å²) < 4.78 is 30.8. The molecule has 0 spiro atoms. The minimum atomic E-state index is -1.30. The average molecular weight is 499 g/mol. The molecule has 3 aromatic rings. The predicted octanol–water partition coefficient (Wildman–Crippen LogP) is 1.84. The number of methoxy groups -OCH3 is 1. The third kappa shape index (κ3) is 4.96. The summed E-state index contributed by atoms with van der Waals surface area (Å²) in [5.41, 5.74) is 1.18. The number of nitrogens with zero attached hydrogens (tertiary/aromatic N) is 2. The second-order valence-electron chi connectivity index (χ2n) is 8.85. The van der Waals surface area contributed by atoms with Crippen molar-refractivity contribution in [3.05, 3.63) is 53.6 Å². The highest BCUT2D eigenvalue weighted by atomic mass is 19.1. The van der Waals surface area contributed by atoms with E-state index in [2.05, 4.69) is 20.6 Å². The molecular formula is C25H27FN4O6. The molecular weight excluding hydrogens is 471 g/mol. The molecule has 1 aromatic carbocycles. The van der Waals surface area contributed by atoms with Crippen LogP contribution >= 0.6 is 0 Å². The molecule has 2 aromatic heterocycles. The number of aromatic nitrogens is 2. The number of carbonyl (C=O) groups is 1. The van der Waals surface area contributed by atoms with Crippen LogP contribution in [0.2, 0.25) is 0 Å². The second-order valence-corrected chi connectivity index (χ2v) is 8.85. The van der Waals surface area contributed by atoms with Gasteiger partial charge in [-0.2, -0.15) is 0 Å². The van der Waals surface area contributed by atoms with Gasteiger partial charge in [0.15, 0.2) is 24.0 Å². The quantitative estimate of drug-likeness (QED) is 0.385. The fourth-order valence-electron chi connectivity index (χ4n) is 4.52. The summed E-state index contributed by atoms with van der Waals surface area (Å²) in [7, 11) is 1.43. The van der Waals surface area contributed by atoms with Crippen LogP contribution in [-0.4, -0.2) is 64.7 Å². The maximum absolute atomic E-state index is 14.4. The van der Waals surface area contributed by atoms with Crippen molar-refractivity contribution in [1.29, 1.82) is 0 Å². The van der Waals surface area contributed by atoms with Gasteiger partial charge in [-0.25, -0.2) is 9.37 Å². The predicted molar refractivity (Wildman–Crippen MR) is 127 cm³/mol. The fourth-order valence-corrected chi connectivity index (χ4v) is 4.52. The largest absolute Gasteiger partial charge is 0.497 e. The van der Waals surface area contributed by atoms with Crippen molar-refractivity contribution in [2.45, 2.75) is 43.7 Å². The van der Waals surface area contributed by atoms with Crippen molar-refractivity contribution < 1.29 is 33.6 Å². The molecule has 2 aliphatic heterocycles. The van der Waals surface area contributed by atoms with Crippen molar-refractivity contribution in [3.8, 4) is 11.5 Å². The molecule has 0 radical (unpaired) electrons. The average Bonchev–Trinajstić information content (AvgIpc) is 2.90. The van der Waals surface area contributed by atoms with Gasteiger partial charge in [-0.15, -0.1) is 0 Å². The summed E-state index contributed by atoms with van der Waals surface area (Å²) in [6.45, 7) is 0.776. The van der Waals surface area contributed by atoms with E-state index in [0.717, 1.165) is 5.69 Å². The summed E-state index contributed by atoms with van der Waals surface area (Å²) in [6.07, 6.45) is -0.482. The van der Waals surface area contributed by atoms with E-state index in [1.54, 1.807) is 18.2 Å². The number of carbonyl (C=O) groups excluding carboxylic acids is 1. The summed E-state index contributed by atoms with van der Waals surface area (Å²) in [4.78, 5) is 20.0. The maximum atomic E-state index is 14.4. The SMILES string of the molecule is COc1cc(F)c2nccc([C@@H](O)[C@@H](O)[C@@H]3CC[C@@H](NCc4ccc5c(n4)NC(=O)CO5)CO3)c2c1. The maximum Gasteiger partial charge on any atom is 0.263 e. The second kappa shape index (κ2) is 10.3.